The highest BCUT2D eigenvalue weighted by Gasteiger charge is 2.39. The second-order valence-corrected chi connectivity index (χ2v) is 11.5. The van der Waals surface area contributed by atoms with Crippen molar-refractivity contribution in [2.24, 2.45) is 0 Å². The lowest BCUT2D eigenvalue weighted by atomic mass is 9.68. The third kappa shape index (κ3) is 4.45. The van der Waals surface area contributed by atoms with Crippen molar-refractivity contribution in [2.45, 2.75) is 23.7 Å². The lowest BCUT2D eigenvalue weighted by Crippen LogP contribution is -2.32. The third-order valence-corrected chi connectivity index (χ3v) is 8.83. The molecule has 1 aliphatic carbocycles. The zero-order chi connectivity index (χ0) is 27.0. The van der Waals surface area contributed by atoms with Crippen LogP contribution in [0.25, 0.3) is 6.08 Å². The molecule has 1 aliphatic rings. The van der Waals surface area contributed by atoms with Gasteiger partial charge in [-0.25, -0.2) is 4.39 Å². The van der Waals surface area contributed by atoms with Crippen molar-refractivity contribution in [2.75, 3.05) is 5.32 Å². The van der Waals surface area contributed by atoms with Gasteiger partial charge in [-0.3, -0.25) is 0 Å². The molecule has 0 spiro atoms. The molecule has 1 unspecified atom stereocenters. The molecule has 1 atom stereocenters. The molecule has 0 saturated heterocycles. The summed E-state index contributed by atoms with van der Waals surface area (Å²) < 4.78 is 43.1. The van der Waals surface area contributed by atoms with Crippen LogP contribution in [0.5, 0.6) is 0 Å². The van der Waals surface area contributed by atoms with Crippen molar-refractivity contribution in [3.05, 3.63) is 149 Å². The Morgan fingerprint density at radius 1 is 0.821 bits per heavy atom. The molecule has 0 aliphatic heterocycles. The van der Waals surface area contributed by atoms with Crippen molar-refractivity contribution in [1.82, 2.24) is 9.19 Å². The van der Waals surface area contributed by atoms with Gasteiger partial charge in [0.2, 0.25) is 0 Å². The van der Waals surface area contributed by atoms with Crippen LogP contribution < -0.4 is 5.32 Å². The van der Waals surface area contributed by atoms with Gasteiger partial charge in [-0.15, -0.1) is 5.10 Å². The maximum absolute atomic E-state index is 14.0. The first-order valence-electron chi connectivity index (χ1n) is 12.6. The lowest BCUT2D eigenvalue weighted by Gasteiger charge is -2.35. The first kappa shape index (κ1) is 24.8. The molecule has 5 aromatic rings. The first-order valence-corrected chi connectivity index (χ1v) is 14.1. The van der Waals surface area contributed by atoms with E-state index in [1.165, 1.54) is 12.1 Å². The Morgan fingerprint density at radius 3 is 2.10 bits per heavy atom. The number of benzene rings is 4. The number of nitrogens with one attached hydrogen (secondary N) is 1. The summed E-state index contributed by atoms with van der Waals surface area (Å²) >= 11 is 0. The third-order valence-electron chi connectivity index (χ3n) is 7.20. The quantitative estimate of drug-likeness (QED) is 0.258. The monoisotopic (exact) mass is 535 g/mol. The number of hydrogen-bond acceptors (Lipinski definition) is 4. The van der Waals surface area contributed by atoms with E-state index in [2.05, 4.69) is 16.5 Å². The molecule has 1 aromatic heterocycles. The highest BCUT2D eigenvalue weighted by molar-refractivity contribution is 7.89. The molecule has 39 heavy (non-hydrogen) atoms. The zero-order valence-corrected chi connectivity index (χ0v) is 22.1. The van der Waals surface area contributed by atoms with Crippen LogP contribution in [0, 0.1) is 12.7 Å². The van der Waals surface area contributed by atoms with E-state index in [-0.39, 0.29) is 10.7 Å². The first-order chi connectivity index (χ1) is 18.9. The number of halogens is 1. The molecule has 0 bridgehead atoms. The standard InChI is InChI=1S/C32H26FN3O2S/c1-23-12-18-28(19-13-23)39(37,38)36-30-22-32(24-8-4-2-5-9-24,25-14-16-26(33)17-15-25)21-20-29(30)31(35-36)34-27-10-6-3-7-11-27/h2-21H,22H2,1H3,(H,34,35). The van der Waals surface area contributed by atoms with Gasteiger partial charge in [0.1, 0.15) is 5.82 Å². The fraction of sp³-hybridized carbons (Fsp3) is 0.0938. The van der Waals surface area contributed by atoms with Crippen LogP contribution >= 0.6 is 0 Å². The minimum Gasteiger partial charge on any atom is -0.338 e. The molecule has 0 fully saturated rings. The van der Waals surface area contributed by atoms with Gasteiger partial charge in [0.05, 0.1) is 10.6 Å². The summed E-state index contributed by atoms with van der Waals surface area (Å²) in [6, 6.07) is 32.5. The average molecular weight is 536 g/mol. The van der Waals surface area contributed by atoms with Crippen molar-refractivity contribution in [3.63, 3.8) is 0 Å². The SMILES string of the molecule is Cc1ccc(S(=O)(=O)n2nc(Nc3ccccc3)c3c2CC(c2ccccc2)(c2ccc(F)cc2)C=C3)cc1. The van der Waals surface area contributed by atoms with Crippen molar-refractivity contribution in [1.29, 1.82) is 0 Å². The van der Waals surface area contributed by atoms with Crippen molar-refractivity contribution >= 4 is 27.6 Å². The van der Waals surface area contributed by atoms with Crippen LogP contribution in [0.2, 0.25) is 0 Å². The zero-order valence-electron chi connectivity index (χ0n) is 21.3. The summed E-state index contributed by atoms with van der Waals surface area (Å²) in [5.41, 5.74) is 4.10. The molecule has 4 aromatic carbocycles. The number of nitrogens with zero attached hydrogens (tertiary/aromatic N) is 2. The van der Waals surface area contributed by atoms with Crippen LogP contribution in [0.4, 0.5) is 15.9 Å². The Kier molecular flexibility index (Phi) is 6.16. The number of anilines is 2. The smallest absolute Gasteiger partial charge is 0.283 e. The van der Waals surface area contributed by atoms with Gasteiger partial charge < -0.3 is 5.32 Å². The Hall–Kier alpha value is -4.49. The van der Waals surface area contributed by atoms with Gasteiger partial charge in [0.25, 0.3) is 10.0 Å². The molecule has 5 nitrogen and oxygen atoms in total. The van der Waals surface area contributed by atoms with Crippen LogP contribution in [0.3, 0.4) is 0 Å². The van der Waals surface area contributed by atoms with Crippen LogP contribution in [0.1, 0.15) is 27.9 Å². The average Bonchev–Trinajstić information content (AvgIpc) is 3.32. The maximum atomic E-state index is 14.0. The van der Waals surface area contributed by atoms with Crippen LogP contribution in [0.15, 0.2) is 120 Å². The lowest BCUT2D eigenvalue weighted by molar-refractivity contribution is 0.564. The molecule has 0 amide bonds. The molecule has 7 heteroatoms. The number of fused-ring (bicyclic) bond motifs is 1. The minimum absolute atomic E-state index is 0.159. The number of para-hydroxylation sites is 1. The molecule has 1 heterocycles. The predicted molar refractivity (Wildman–Crippen MR) is 152 cm³/mol. The summed E-state index contributed by atoms with van der Waals surface area (Å²) in [7, 11) is -4.02. The fourth-order valence-electron chi connectivity index (χ4n) is 5.14. The summed E-state index contributed by atoms with van der Waals surface area (Å²) in [6.07, 6.45) is 4.30. The highest BCUT2D eigenvalue weighted by Crippen LogP contribution is 2.44. The summed E-state index contributed by atoms with van der Waals surface area (Å²) in [6.45, 7) is 1.91. The predicted octanol–water partition coefficient (Wildman–Crippen LogP) is 6.87. The van der Waals surface area contributed by atoms with Gasteiger partial charge in [-0.1, -0.05) is 90.5 Å². The summed E-state index contributed by atoms with van der Waals surface area (Å²) in [5, 5.41) is 7.93. The number of aryl methyl sites for hydroxylation is 1. The largest absolute Gasteiger partial charge is 0.338 e. The molecular weight excluding hydrogens is 509 g/mol. The number of aromatic nitrogens is 2. The topological polar surface area (TPSA) is 64.0 Å². The van der Waals surface area contributed by atoms with E-state index < -0.39 is 15.4 Å². The maximum Gasteiger partial charge on any atom is 0.283 e. The summed E-state index contributed by atoms with van der Waals surface area (Å²) in [4.78, 5) is 0.159. The summed E-state index contributed by atoms with van der Waals surface area (Å²) in [5.74, 6) is 0.118. The highest BCUT2D eigenvalue weighted by atomic mass is 32.2. The second-order valence-electron chi connectivity index (χ2n) is 9.72. The second kappa shape index (κ2) is 9.67. The molecule has 1 N–H and O–H groups in total. The Labute approximate surface area is 227 Å². The van der Waals surface area contributed by atoms with Crippen LogP contribution in [-0.4, -0.2) is 17.6 Å². The van der Waals surface area contributed by atoms with Gasteiger partial charge in [0, 0.05) is 23.1 Å². The molecule has 6 rings (SSSR count). The van der Waals surface area contributed by atoms with E-state index in [0.717, 1.165) is 26.5 Å². The van der Waals surface area contributed by atoms with E-state index in [1.54, 1.807) is 36.4 Å². The van der Waals surface area contributed by atoms with Gasteiger partial charge >= 0.3 is 0 Å². The molecule has 194 valence electrons. The Bertz CT molecular complexity index is 1760. The fourth-order valence-corrected chi connectivity index (χ4v) is 6.46. The van der Waals surface area contributed by atoms with E-state index >= 15 is 0 Å². The number of hydrogen-bond donors (Lipinski definition) is 1. The van der Waals surface area contributed by atoms with Gasteiger partial charge in [-0.05, 0) is 54.4 Å². The van der Waals surface area contributed by atoms with E-state index in [0.29, 0.717) is 23.5 Å². The Morgan fingerprint density at radius 2 is 1.44 bits per heavy atom. The minimum atomic E-state index is -4.02. The van der Waals surface area contributed by atoms with Crippen molar-refractivity contribution in [3.8, 4) is 0 Å². The van der Waals surface area contributed by atoms with Crippen molar-refractivity contribution < 1.29 is 12.8 Å². The molecule has 0 radical (unpaired) electrons. The number of rotatable bonds is 6. The van der Waals surface area contributed by atoms with E-state index in [4.69, 9.17) is 0 Å². The molecule has 0 saturated carbocycles. The van der Waals surface area contributed by atoms with Gasteiger partial charge in [-0.2, -0.15) is 12.5 Å². The Balaban J connectivity index is 1.57. The molecular formula is C32H26FN3O2S. The normalized spacial score (nSPS) is 16.6. The van der Waals surface area contributed by atoms with Gasteiger partial charge in [0.15, 0.2) is 5.82 Å². The van der Waals surface area contributed by atoms with E-state index in [1.807, 2.05) is 73.7 Å². The van der Waals surface area contributed by atoms with Crippen LogP contribution in [-0.2, 0) is 21.9 Å². The number of allylic oxidation sites excluding steroid dienone is 1. The van der Waals surface area contributed by atoms with E-state index in [9.17, 15) is 12.8 Å².